The molecule has 34 heavy (non-hydrogen) atoms. The fourth-order valence-electron chi connectivity index (χ4n) is 4.36. The van der Waals surface area contributed by atoms with E-state index in [1.54, 1.807) is 13.3 Å². The third-order valence-corrected chi connectivity index (χ3v) is 6.23. The van der Waals surface area contributed by atoms with Crippen molar-refractivity contribution in [2.24, 2.45) is 0 Å². The van der Waals surface area contributed by atoms with E-state index in [1.165, 1.54) is 0 Å². The summed E-state index contributed by atoms with van der Waals surface area (Å²) in [6, 6.07) is 11.7. The van der Waals surface area contributed by atoms with Crippen LogP contribution >= 0.6 is 0 Å². The molecule has 1 unspecified atom stereocenters. The van der Waals surface area contributed by atoms with Crippen molar-refractivity contribution in [3.8, 4) is 17.1 Å². The highest BCUT2D eigenvalue weighted by Gasteiger charge is 2.24. The number of amides is 2. The molecule has 9 nitrogen and oxygen atoms in total. The molecule has 0 aliphatic carbocycles. The Morgan fingerprint density at radius 1 is 1.12 bits per heavy atom. The quantitative estimate of drug-likeness (QED) is 0.486. The molecular formula is C25H28N6O3. The molecular weight excluding hydrogens is 432 g/mol. The first-order valence-electron chi connectivity index (χ1n) is 11.4. The number of aromatic nitrogens is 3. The van der Waals surface area contributed by atoms with Crippen LogP contribution in [0.2, 0.25) is 0 Å². The number of piperazine rings is 1. The van der Waals surface area contributed by atoms with Crippen molar-refractivity contribution < 1.29 is 13.9 Å². The van der Waals surface area contributed by atoms with E-state index >= 15 is 0 Å². The van der Waals surface area contributed by atoms with Crippen molar-refractivity contribution >= 4 is 17.4 Å². The first kappa shape index (κ1) is 21.8. The lowest BCUT2D eigenvalue weighted by Crippen LogP contribution is -2.52. The van der Waals surface area contributed by atoms with E-state index in [2.05, 4.69) is 26.3 Å². The summed E-state index contributed by atoms with van der Waals surface area (Å²) < 4.78 is 13.3. The zero-order valence-electron chi connectivity index (χ0n) is 19.6. The normalized spacial score (nSPS) is 14.9. The average Bonchev–Trinajstić information content (AvgIpc) is 3.50. The molecule has 1 fully saturated rings. The number of nitrogens with one attached hydrogen (secondary N) is 1. The Labute approximate surface area is 198 Å². The molecule has 4 aromatic rings. The van der Waals surface area contributed by atoms with Crippen LogP contribution in [-0.4, -0.2) is 58.6 Å². The Morgan fingerprint density at radius 3 is 2.68 bits per heavy atom. The Bertz CT molecular complexity index is 1300. The molecule has 0 radical (unpaired) electrons. The second-order valence-electron chi connectivity index (χ2n) is 8.39. The Hall–Kier alpha value is -4.01. The van der Waals surface area contributed by atoms with Crippen molar-refractivity contribution in [1.82, 2.24) is 24.6 Å². The summed E-state index contributed by atoms with van der Waals surface area (Å²) in [5.41, 5.74) is 3.74. The van der Waals surface area contributed by atoms with E-state index < -0.39 is 0 Å². The Kier molecular flexibility index (Phi) is 5.83. The van der Waals surface area contributed by atoms with E-state index in [-0.39, 0.29) is 12.1 Å². The fraction of sp³-hybridized carbons (Fsp3) is 0.320. The molecule has 3 aromatic heterocycles. The van der Waals surface area contributed by atoms with Gasteiger partial charge in [0.05, 0.1) is 36.8 Å². The highest BCUT2D eigenvalue weighted by Crippen LogP contribution is 2.34. The van der Waals surface area contributed by atoms with Crippen molar-refractivity contribution in [1.29, 1.82) is 0 Å². The summed E-state index contributed by atoms with van der Waals surface area (Å²) in [7, 11) is 1.65. The average molecular weight is 461 g/mol. The number of urea groups is 1. The minimum Gasteiger partial charge on any atom is -0.496 e. The number of anilines is 1. The number of aryl methyl sites for hydroxylation is 1. The van der Waals surface area contributed by atoms with Crippen LogP contribution in [0.3, 0.4) is 0 Å². The minimum absolute atomic E-state index is 0.0633. The van der Waals surface area contributed by atoms with Gasteiger partial charge in [0.25, 0.3) is 0 Å². The van der Waals surface area contributed by atoms with Crippen LogP contribution in [0.15, 0.2) is 59.4 Å². The van der Waals surface area contributed by atoms with Crippen molar-refractivity contribution in [3.05, 3.63) is 66.6 Å². The van der Waals surface area contributed by atoms with Crippen molar-refractivity contribution in [2.45, 2.75) is 19.9 Å². The van der Waals surface area contributed by atoms with Gasteiger partial charge in [0.2, 0.25) is 0 Å². The second kappa shape index (κ2) is 9.09. The smallest absolute Gasteiger partial charge is 0.318 e. The first-order chi connectivity index (χ1) is 16.5. The van der Waals surface area contributed by atoms with E-state index in [4.69, 9.17) is 9.15 Å². The molecule has 176 valence electrons. The minimum atomic E-state index is -0.153. The zero-order valence-corrected chi connectivity index (χ0v) is 19.6. The van der Waals surface area contributed by atoms with Gasteiger partial charge >= 0.3 is 6.03 Å². The van der Waals surface area contributed by atoms with E-state index in [1.807, 2.05) is 65.9 Å². The van der Waals surface area contributed by atoms with Gasteiger partial charge in [-0.3, -0.25) is 0 Å². The van der Waals surface area contributed by atoms with E-state index in [9.17, 15) is 4.79 Å². The van der Waals surface area contributed by atoms with Crippen LogP contribution in [0.4, 0.5) is 10.5 Å². The third kappa shape index (κ3) is 4.16. The highest BCUT2D eigenvalue weighted by atomic mass is 16.5. The molecule has 1 aromatic carbocycles. The summed E-state index contributed by atoms with van der Waals surface area (Å²) in [4.78, 5) is 25.6. The van der Waals surface area contributed by atoms with Gasteiger partial charge < -0.3 is 28.7 Å². The standard InChI is InChI=1S/C25H28N6O3/c1-17(21-15-27-24-6-4-5-9-31(21)24)28-25(32)30-12-10-29(11-13-30)19-7-8-20(22(14-19)33-3)23-16-26-18(2)34-23/h4-9,14-17H,10-13H2,1-3H3,(H,28,32). The van der Waals surface area contributed by atoms with Gasteiger partial charge in [-0.25, -0.2) is 14.8 Å². The van der Waals surface area contributed by atoms with Crippen molar-refractivity contribution in [2.75, 3.05) is 38.2 Å². The van der Waals surface area contributed by atoms with Crippen molar-refractivity contribution in [3.63, 3.8) is 0 Å². The predicted molar refractivity (Wildman–Crippen MR) is 129 cm³/mol. The maximum atomic E-state index is 12.9. The third-order valence-electron chi connectivity index (χ3n) is 6.23. The van der Waals surface area contributed by atoms with Gasteiger partial charge in [-0.15, -0.1) is 0 Å². The summed E-state index contributed by atoms with van der Waals surface area (Å²) in [5.74, 6) is 2.03. The number of hydrogen-bond acceptors (Lipinski definition) is 6. The fourth-order valence-corrected chi connectivity index (χ4v) is 4.36. The molecule has 4 heterocycles. The number of oxazole rings is 1. The molecule has 0 bridgehead atoms. The maximum Gasteiger partial charge on any atom is 0.318 e. The van der Waals surface area contributed by atoms with Gasteiger partial charge in [-0.2, -0.15) is 0 Å². The molecule has 5 rings (SSSR count). The SMILES string of the molecule is COc1cc(N2CCN(C(=O)NC(C)c3cnc4ccccn34)CC2)ccc1-c1cnc(C)o1. The monoisotopic (exact) mass is 460 g/mol. The lowest BCUT2D eigenvalue weighted by molar-refractivity contribution is 0.191. The summed E-state index contributed by atoms with van der Waals surface area (Å²) >= 11 is 0. The maximum absolute atomic E-state index is 12.9. The highest BCUT2D eigenvalue weighted by molar-refractivity contribution is 5.75. The number of carbonyl (C=O) groups excluding carboxylic acids is 1. The Balaban J connectivity index is 1.22. The first-order valence-corrected chi connectivity index (χ1v) is 11.4. The lowest BCUT2D eigenvalue weighted by atomic mass is 10.1. The number of fused-ring (bicyclic) bond motifs is 1. The van der Waals surface area contributed by atoms with Crippen LogP contribution in [0.1, 0.15) is 24.6 Å². The second-order valence-corrected chi connectivity index (χ2v) is 8.39. The molecule has 9 heteroatoms. The van der Waals surface area contributed by atoms with Gasteiger partial charge in [-0.1, -0.05) is 6.07 Å². The van der Waals surface area contributed by atoms with E-state index in [0.29, 0.717) is 24.7 Å². The van der Waals surface area contributed by atoms with Crippen LogP contribution in [0.25, 0.3) is 17.0 Å². The number of benzene rings is 1. The van der Waals surface area contributed by atoms with Crippen LogP contribution in [-0.2, 0) is 0 Å². The summed E-state index contributed by atoms with van der Waals surface area (Å²) in [6.07, 6.45) is 5.48. The number of carbonyl (C=O) groups is 1. The number of hydrogen-bond donors (Lipinski definition) is 1. The molecule has 1 N–H and O–H groups in total. The number of nitrogens with zero attached hydrogens (tertiary/aromatic N) is 5. The molecule has 2 amide bonds. The van der Waals surface area contributed by atoms with Gasteiger partial charge in [0.15, 0.2) is 11.7 Å². The van der Waals surface area contributed by atoms with Gasteiger partial charge in [0, 0.05) is 51.1 Å². The summed E-state index contributed by atoms with van der Waals surface area (Å²) in [5, 5.41) is 3.12. The number of methoxy groups -OCH3 is 1. The van der Waals surface area contributed by atoms with E-state index in [0.717, 1.165) is 41.4 Å². The molecule has 0 spiro atoms. The number of imidazole rings is 1. The number of pyridine rings is 1. The van der Waals surface area contributed by atoms with Gasteiger partial charge in [-0.05, 0) is 31.2 Å². The Morgan fingerprint density at radius 2 is 1.94 bits per heavy atom. The molecule has 1 aliphatic heterocycles. The predicted octanol–water partition coefficient (Wildman–Crippen LogP) is 3.90. The lowest BCUT2D eigenvalue weighted by Gasteiger charge is -2.36. The van der Waals surface area contributed by atoms with Crippen LogP contribution in [0, 0.1) is 6.92 Å². The molecule has 1 saturated heterocycles. The number of ether oxygens (including phenoxy) is 1. The molecule has 1 aliphatic rings. The summed E-state index contributed by atoms with van der Waals surface area (Å²) in [6.45, 7) is 6.55. The molecule has 1 atom stereocenters. The number of rotatable bonds is 5. The molecule has 0 saturated carbocycles. The largest absolute Gasteiger partial charge is 0.496 e. The van der Waals surface area contributed by atoms with Gasteiger partial charge in [0.1, 0.15) is 11.4 Å². The van der Waals surface area contributed by atoms with Crippen LogP contribution < -0.4 is 15.0 Å². The zero-order chi connectivity index (χ0) is 23.7. The topological polar surface area (TPSA) is 88.1 Å². The van der Waals surface area contributed by atoms with Crippen LogP contribution in [0.5, 0.6) is 5.75 Å².